The Hall–Kier alpha value is -2.07. The molecule has 112 valence electrons. The largest absolute Gasteiger partial charge is 0.481 e. The number of fused-ring (bicyclic) bond motifs is 1. The molecule has 4 nitrogen and oxygen atoms in total. The fraction of sp³-hybridized carbons (Fsp3) is 0.353. The lowest BCUT2D eigenvalue weighted by Gasteiger charge is -2.14. The Morgan fingerprint density at radius 2 is 1.90 bits per heavy atom. The van der Waals surface area contributed by atoms with E-state index in [9.17, 15) is 4.79 Å². The zero-order chi connectivity index (χ0) is 15.4. The minimum atomic E-state index is -0.820. The molecule has 2 atom stereocenters. The second-order valence-electron chi connectivity index (χ2n) is 5.27. The number of carboxylic acid groups (broad SMARTS) is 1. The maximum absolute atomic E-state index is 11.0. The van der Waals surface area contributed by atoms with E-state index in [1.54, 1.807) is 6.92 Å². The molecule has 4 heteroatoms. The Kier molecular flexibility index (Phi) is 4.81. The van der Waals surface area contributed by atoms with Gasteiger partial charge in [-0.2, -0.15) is 0 Å². The number of benzene rings is 2. The quantitative estimate of drug-likeness (QED) is 0.798. The smallest absolute Gasteiger partial charge is 0.310 e. The Morgan fingerprint density at radius 1 is 1.24 bits per heavy atom. The molecule has 0 aliphatic rings. The van der Waals surface area contributed by atoms with Gasteiger partial charge in [0.25, 0.3) is 0 Å². The lowest BCUT2D eigenvalue weighted by molar-refractivity contribution is -0.138. The molecular weight excluding hydrogens is 266 g/mol. The first-order valence-electron chi connectivity index (χ1n) is 7.20. The van der Waals surface area contributed by atoms with Crippen molar-refractivity contribution < 1.29 is 14.6 Å². The topological polar surface area (TPSA) is 72.5 Å². The summed E-state index contributed by atoms with van der Waals surface area (Å²) in [5.74, 6) is -0.592. The van der Waals surface area contributed by atoms with Gasteiger partial charge in [-0.05, 0) is 41.8 Å². The van der Waals surface area contributed by atoms with E-state index in [1.807, 2.05) is 36.4 Å². The van der Waals surface area contributed by atoms with Crippen LogP contribution in [0.1, 0.15) is 38.2 Å². The maximum Gasteiger partial charge on any atom is 0.310 e. The summed E-state index contributed by atoms with van der Waals surface area (Å²) < 4.78 is 5.66. The second kappa shape index (κ2) is 6.59. The van der Waals surface area contributed by atoms with Crippen LogP contribution >= 0.6 is 0 Å². The van der Waals surface area contributed by atoms with E-state index in [4.69, 9.17) is 15.6 Å². The van der Waals surface area contributed by atoms with Crippen molar-refractivity contribution in [1.82, 2.24) is 0 Å². The van der Waals surface area contributed by atoms with Gasteiger partial charge in [-0.3, -0.25) is 10.5 Å². The van der Waals surface area contributed by atoms with Crippen LogP contribution in [-0.2, 0) is 4.79 Å². The van der Waals surface area contributed by atoms with Crippen LogP contribution in [0.2, 0.25) is 0 Å². The van der Waals surface area contributed by atoms with Crippen molar-refractivity contribution >= 4 is 16.7 Å². The Labute approximate surface area is 124 Å². The van der Waals surface area contributed by atoms with E-state index in [-0.39, 0.29) is 6.23 Å². The van der Waals surface area contributed by atoms with Gasteiger partial charge in [0.2, 0.25) is 0 Å². The second-order valence-corrected chi connectivity index (χ2v) is 5.27. The van der Waals surface area contributed by atoms with Crippen molar-refractivity contribution in [2.75, 3.05) is 0 Å². The van der Waals surface area contributed by atoms with E-state index in [2.05, 4.69) is 6.92 Å². The molecule has 0 bridgehead atoms. The first-order chi connectivity index (χ1) is 10.0. The molecule has 0 aliphatic heterocycles. The summed E-state index contributed by atoms with van der Waals surface area (Å²) in [6.45, 7) is 3.75. The standard InChI is InChI=1S/C17H21NO3/c1-3-4-16(18)21-15-8-7-13-9-12(11(2)17(19)20)5-6-14(13)10-15/h5-11,16H,3-4,18H2,1-2H3,(H,19,20)/t11-,16?/m0/s1. The van der Waals surface area contributed by atoms with Crippen LogP contribution in [0.15, 0.2) is 36.4 Å². The van der Waals surface area contributed by atoms with Crippen LogP contribution in [0.4, 0.5) is 0 Å². The fourth-order valence-corrected chi connectivity index (χ4v) is 2.25. The van der Waals surface area contributed by atoms with Gasteiger partial charge >= 0.3 is 5.97 Å². The summed E-state index contributed by atoms with van der Waals surface area (Å²) in [7, 11) is 0. The molecule has 0 saturated heterocycles. The molecule has 3 N–H and O–H groups in total. The highest BCUT2D eigenvalue weighted by atomic mass is 16.5. The lowest BCUT2D eigenvalue weighted by Crippen LogP contribution is -2.26. The molecule has 2 aromatic rings. The van der Waals surface area contributed by atoms with Crippen LogP contribution in [0.3, 0.4) is 0 Å². The molecule has 21 heavy (non-hydrogen) atoms. The molecule has 2 aromatic carbocycles. The summed E-state index contributed by atoms with van der Waals surface area (Å²) in [6.07, 6.45) is 1.50. The van der Waals surface area contributed by atoms with Crippen LogP contribution < -0.4 is 10.5 Å². The van der Waals surface area contributed by atoms with Crippen LogP contribution in [0.5, 0.6) is 5.75 Å². The average Bonchev–Trinajstić information content (AvgIpc) is 2.46. The summed E-state index contributed by atoms with van der Waals surface area (Å²) in [5, 5.41) is 11.1. The van der Waals surface area contributed by atoms with Gasteiger partial charge < -0.3 is 9.84 Å². The van der Waals surface area contributed by atoms with Crippen LogP contribution in [0, 0.1) is 0 Å². The highest BCUT2D eigenvalue weighted by Gasteiger charge is 2.14. The zero-order valence-corrected chi connectivity index (χ0v) is 12.4. The molecule has 0 amide bonds. The Balaban J connectivity index is 2.25. The van der Waals surface area contributed by atoms with Gasteiger partial charge in [0.1, 0.15) is 12.0 Å². The molecular formula is C17H21NO3. The Morgan fingerprint density at radius 3 is 2.57 bits per heavy atom. The molecule has 0 heterocycles. The minimum absolute atomic E-state index is 0.293. The minimum Gasteiger partial charge on any atom is -0.481 e. The van der Waals surface area contributed by atoms with Crippen molar-refractivity contribution in [3.8, 4) is 5.75 Å². The number of carbonyl (C=O) groups is 1. The van der Waals surface area contributed by atoms with E-state index < -0.39 is 11.9 Å². The van der Waals surface area contributed by atoms with Gasteiger partial charge in [0.15, 0.2) is 0 Å². The van der Waals surface area contributed by atoms with E-state index in [0.717, 1.165) is 34.9 Å². The third-order valence-corrected chi connectivity index (χ3v) is 3.57. The van der Waals surface area contributed by atoms with Crippen molar-refractivity contribution in [2.45, 2.75) is 38.8 Å². The van der Waals surface area contributed by atoms with Gasteiger partial charge in [-0.25, -0.2) is 0 Å². The van der Waals surface area contributed by atoms with Crippen molar-refractivity contribution in [2.24, 2.45) is 5.73 Å². The molecule has 2 rings (SSSR count). The SMILES string of the molecule is CCCC(N)Oc1ccc2cc([C@H](C)C(=O)O)ccc2c1. The third-order valence-electron chi connectivity index (χ3n) is 3.57. The number of nitrogens with two attached hydrogens (primary N) is 1. The number of hydrogen-bond acceptors (Lipinski definition) is 3. The van der Waals surface area contributed by atoms with E-state index in [0.29, 0.717) is 0 Å². The number of rotatable bonds is 6. The third kappa shape index (κ3) is 3.73. The highest BCUT2D eigenvalue weighted by Crippen LogP contribution is 2.25. The Bertz CT molecular complexity index is 639. The van der Waals surface area contributed by atoms with Crippen LogP contribution in [-0.4, -0.2) is 17.3 Å². The summed E-state index contributed by atoms with van der Waals surface area (Å²) in [4.78, 5) is 11.0. The number of carboxylic acids is 1. The molecule has 0 aliphatic carbocycles. The fourth-order valence-electron chi connectivity index (χ4n) is 2.25. The van der Waals surface area contributed by atoms with Gasteiger partial charge in [0.05, 0.1) is 5.92 Å². The summed E-state index contributed by atoms with van der Waals surface area (Å²) in [6, 6.07) is 11.4. The first-order valence-corrected chi connectivity index (χ1v) is 7.20. The van der Waals surface area contributed by atoms with Crippen molar-refractivity contribution in [3.05, 3.63) is 42.0 Å². The predicted octanol–water partition coefficient (Wildman–Crippen LogP) is 3.49. The molecule has 0 aromatic heterocycles. The van der Waals surface area contributed by atoms with Crippen molar-refractivity contribution in [1.29, 1.82) is 0 Å². The molecule has 0 radical (unpaired) electrons. The molecule has 0 spiro atoms. The van der Waals surface area contributed by atoms with Gasteiger partial charge in [-0.15, -0.1) is 0 Å². The van der Waals surface area contributed by atoms with E-state index in [1.165, 1.54) is 0 Å². The number of aliphatic carboxylic acids is 1. The lowest BCUT2D eigenvalue weighted by atomic mass is 9.98. The summed E-state index contributed by atoms with van der Waals surface area (Å²) in [5.41, 5.74) is 6.67. The average molecular weight is 287 g/mol. The number of hydrogen-bond donors (Lipinski definition) is 2. The normalized spacial score (nSPS) is 13.9. The van der Waals surface area contributed by atoms with Gasteiger partial charge in [-0.1, -0.05) is 37.6 Å². The zero-order valence-electron chi connectivity index (χ0n) is 12.4. The molecule has 0 saturated carbocycles. The van der Waals surface area contributed by atoms with Gasteiger partial charge in [0, 0.05) is 0 Å². The van der Waals surface area contributed by atoms with Crippen molar-refractivity contribution in [3.63, 3.8) is 0 Å². The first kappa shape index (κ1) is 15.3. The van der Waals surface area contributed by atoms with E-state index >= 15 is 0 Å². The maximum atomic E-state index is 11.0. The monoisotopic (exact) mass is 287 g/mol. The molecule has 0 fully saturated rings. The predicted molar refractivity (Wildman–Crippen MR) is 83.5 cm³/mol. The summed E-state index contributed by atoms with van der Waals surface area (Å²) >= 11 is 0. The highest BCUT2D eigenvalue weighted by molar-refractivity contribution is 5.86. The van der Waals surface area contributed by atoms with Crippen LogP contribution in [0.25, 0.3) is 10.8 Å². The number of ether oxygens (including phenoxy) is 1. The molecule has 1 unspecified atom stereocenters.